The number of rotatable bonds is 1. The fourth-order valence-electron chi connectivity index (χ4n) is 0.882. The molecule has 0 bridgehead atoms. The zero-order valence-corrected chi connectivity index (χ0v) is 6.10. The van der Waals surface area contributed by atoms with Gasteiger partial charge in [-0.05, 0) is 17.4 Å². The molecule has 2 heterocycles. The van der Waals surface area contributed by atoms with E-state index >= 15 is 0 Å². The van der Waals surface area contributed by atoms with Gasteiger partial charge < -0.3 is 0 Å². The quantitative estimate of drug-likeness (QED) is 0.657. The van der Waals surface area contributed by atoms with Gasteiger partial charge in [0, 0.05) is 6.20 Å². The summed E-state index contributed by atoms with van der Waals surface area (Å²) in [5, 5.41) is 17.8. The molecule has 1 aromatic heterocycles. The van der Waals surface area contributed by atoms with Gasteiger partial charge in [-0.15, -0.1) is 10.2 Å². The normalized spacial score (nSPS) is 15.0. The fraction of sp³-hybridized carbons (Fsp3) is 0. The van der Waals surface area contributed by atoms with Crippen LogP contribution in [0.25, 0.3) is 0 Å². The molecule has 0 radical (unpaired) electrons. The Morgan fingerprint density at radius 1 is 1.25 bits per heavy atom. The predicted molar refractivity (Wildman–Crippen MR) is 43.4 cm³/mol. The molecule has 0 aromatic carbocycles. The van der Waals surface area contributed by atoms with Gasteiger partial charge in [-0.1, -0.05) is 6.07 Å². The van der Waals surface area contributed by atoms with Crippen LogP contribution >= 0.6 is 0 Å². The molecule has 0 saturated carbocycles. The maximum absolute atomic E-state index is 7.31. The van der Waals surface area contributed by atoms with E-state index in [-0.39, 0.29) is 5.84 Å². The lowest BCUT2D eigenvalue weighted by atomic mass is 10.2. The third-order valence-corrected chi connectivity index (χ3v) is 1.42. The Bertz CT molecular complexity index is 365. The average Bonchev–Trinajstić information content (AvgIpc) is 2.53. The number of hydrogen-bond donors (Lipinski definition) is 1. The first-order valence-electron chi connectivity index (χ1n) is 3.37. The van der Waals surface area contributed by atoms with Crippen LogP contribution in [-0.4, -0.2) is 16.5 Å². The molecule has 0 aliphatic carbocycles. The van der Waals surface area contributed by atoms with Gasteiger partial charge in [0.1, 0.15) is 0 Å². The lowest BCUT2D eigenvalue weighted by Gasteiger charge is -1.94. The predicted octanol–water partition coefficient (Wildman–Crippen LogP) is 1.23. The molecule has 5 nitrogen and oxygen atoms in total. The summed E-state index contributed by atoms with van der Waals surface area (Å²) in [5.74, 6) is 0.0636. The van der Waals surface area contributed by atoms with E-state index in [1.807, 2.05) is 6.07 Å². The first-order valence-corrected chi connectivity index (χ1v) is 3.37. The van der Waals surface area contributed by atoms with Crippen LogP contribution in [0.3, 0.4) is 0 Å². The second kappa shape index (κ2) is 2.61. The topological polar surface area (TPSA) is 73.8 Å². The summed E-state index contributed by atoms with van der Waals surface area (Å²) >= 11 is 0. The molecule has 2 rings (SSSR count). The van der Waals surface area contributed by atoms with Crippen LogP contribution in [0.5, 0.6) is 0 Å². The van der Waals surface area contributed by atoms with Gasteiger partial charge in [0.25, 0.3) is 0 Å². The summed E-state index contributed by atoms with van der Waals surface area (Å²) in [7, 11) is 0. The molecule has 0 spiro atoms. The lowest BCUT2D eigenvalue weighted by Crippen LogP contribution is -2.09. The minimum atomic E-state index is 0.0636. The molecule has 0 atom stereocenters. The Hall–Kier alpha value is -1.91. The van der Waals surface area contributed by atoms with Crippen molar-refractivity contribution in [3.05, 3.63) is 30.1 Å². The van der Waals surface area contributed by atoms with E-state index in [0.717, 1.165) is 0 Å². The Balaban J connectivity index is 2.40. The fourth-order valence-corrected chi connectivity index (χ4v) is 0.882. The molecule has 12 heavy (non-hydrogen) atoms. The molecule has 1 aliphatic rings. The van der Waals surface area contributed by atoms with Crippen molar-refractivity contribution in [2.24, 2.45) is 15.4 Å². The highest BCUT2D eigenvalue weighted by Gasteiger charge is 2.14. The number of nitrogens with zero attached hydrogens (tertiary/aromatic N) is 4. The molecular weight excluding hydrogens is 154 g/mol. The van der Waals surface area contributed by atoms with E-state index < -0.39 is 0 Å². The zero-order valence-electron chi connectivity index (χ0n) is 6.10. The number of pyridine rings is 1. The number of aromatic nitrogens is 1. The molecular formula is C7H5N5. The maximum Gasteiger partial charge on any atom is 0.199 e. The van der Waals surface area contributed by atoms with Crippen LogP contribution in [0, 0.1) is 5.41 Å². The van der Waals surface area contributed by atoms with Crippen LogP contribution in [0.15, 0.2) is 39.8 Å². The van der Waals surface area contributed by atoms with E-state index in [1.165, 1.54) is 0 Å². The highest BCUT2D eigenvalue weighted by atomic mass is 15.4. The summed E-state index contributed by atoms with van der Waals surface area (Å²) in [5.41, 5.74) is 1.06. The molecule has 1 N–H and O–H groups in total. The van der Waals surface area contributed by atoms with E-state index in [0.29, 0.717) is 11.4 Å². The SMILES string of the molecule is N=C1N=NN=C1c1ccccn1. The number of amidine groups is 1. The molecule has 0 saturated heterocycles. The molecule has 1 aromatic rings. The van der Waals surface area contributed by atoms with Crippen LogP contribution in [0.2, 0.25) is 0 Å². The summed E-state index contributed by atoms with van der Waals surface area (Å²) < 4.78 is 0. The molecule has 0 unspecified atom stereocenters. The third kappa shape index (κ3) is 1.01. The van der Waals surface area contributed by atoms with Gasteiger partial charge in [-0.25, -0.2) is 0 Å². The van der Waals surface area contributed by atoms with Crippen molar-refractivity contribution < 1.29 is 0 Å². The summed E-state index contributed by atoms with van der Waals surface area (Å²) in [4.78, 5) is 4.02. The van der Waals surface area contributed by atoms with Crippen molar-refractivity contribution in [3.8, 4) is 0 Å². The van der Waals surface area contributed by atoms with Crippen molar-refractivity contribution in [1.82, 2.24) is 4.98 Å². The van der Waals surface area contributed by atoms with E-state index in [9.17, 15) is 0 Å². The standard InChI is InChI=1S/C7H5N5/c8-7-6(10-12-11-7)5-3-1-2-4-9-5/h1-4,8H. The zero-order chi connectivity index (χ0) is 8.39. The average molecular weight is 159 g/mol. The minimum absolute atomic E-state index is 0.0636. The molecule has 5 heteroatoms. The van der Waals surface area contributed by atoms with Crippen molar-refractivity contribution in [3.63, 3.8) is 0 Å². The largest absolute Gasteiger partial charge is 0.279 e. The third-order valence-electron chi connectivity index (χ3n) is 1.42. The van der Waals surface area contributed by atoms with Gasteiger partial charge in [0.05, 0.1) is 5.69 Å². The molecule has 58 valence electrons. The molecule has 0 fully saturated rings. The van der Waals surface area contributed by atoms with Crippen LogP contribution in [0.4, 0.5) is 0 Å². The van der Waals surface area contributed by atoms with Crippen LogP contribution < -0.4 is 0 Å². The lowest BCUT2D eigenvalue weighted by molar-refractivity contribution is 1.12. The van der Waals surface area contributed by atoms with Gasteiger partial charge >= 0.3 is 0 Å². The minimum Gasteiger partial charge on any atom is -0.279 e. The van der Waals surface area contributed by atoms with E-state index in [1.54, 1.807) is 18.3 Å². The van der Waals surface area contributed by atoms with Gasteiger partial charge in [-0.3, -0.25) is 10.4 Å². The molecule has 0 amide bonds. The first kappa shape index (κ1) is 6.78. The van der Waals surface area contributed by atoms with Gasteiger partial charge in [-0.2, -0.15) is 0 Å². The first-order chi connectivity index (χ1) is 5.88. The Morgan fingerprint density at radius 3 is 2.75 bits per heavy atom. The number of nitrogens with one attached hydrogen (secondary N) is 1. The monoisotopic (exact) mass is 159 g/mol. The Labute approximate surface area is 68.4 Å². The summed E-state index contributed by atoms with van der Waals surface area (Å²) in [6.07, 6.45) is 1.64. The highest BCUT2D eigenvalue weighted by molar-refractivity contribution is 6.46. The van der Waals surface area contributed by atoms with Gasteiger partial charge in [0.2, 0.25) is 0 Å². The summed E-state index contributed by atoms with van der Waals surface area (Å²) in [6.45, 7) is 0. The smallest absolute Gasteiger partial charge is 0.199 e. The maximum atomic E-state index is 7.31. The Morgan fingerprint density at radius 2 is 2.17 bits per heavy atom. The van der Waals surface area contributed by atoms with Crippen LogP contribution in [-0.2, 0) is 0 Å². The second-order valence-corrected chi connectivity index (χ2v) is 2.20. The van der Waals surface area contributed by atoms with Crippen LogP contribution in [0.1, 0.15) is 5.69 Å². The van der Waals surface area contributed by atoms with E-state index in [2.05, 4.69) is 20.4 Å². The highest BCUT2D eigenvalue weighted by Crippen LogP contribution is 2.05. The van der Waals surface area contributed by atoms with Crippen molar-refractivity contribution in [2.45, 2.75) is 0 Å². The number of hydrogen-bond acceptors (Lipinski definition) is 4. The second-order valence-electron chi connectivity index (χ2n) is 2.20. The molecule has 1 aliphatic heterocycles. The van der Waals surface area contributed by atoms with Gasteiger partial charge in [0.15, 0.2) is 11.5 Å². The van der Waals surface area contributed by atoms with Crippen molar-refractivity contribution >= 4 is 11.5 Å². The van der Waals surface area contributed by atoms with Crippen molar-refractivity contribution in [1.29, 1.82) is 5.41 Å². The Kier molecular flexibility index (Phi) is 1.48. The van der Waals surface area contributed by atoms with Crippen molar-refractivity contribution in [2.75, 3.05) is 0 Å². The summed E-state index contributed by atoms with van der Waals surface area (Å²) in [6, 6.07) is 5.40. The van der Waals surface area contributed by atoms with E-state index in [4.69, 9.17) is 5.41 Å².